The second-order valence-corrected chi connectivity index (χ2v) is 3.10. The number of aromatic amines is 1. The molecule has 13 heavy (non-hydrogen) atoms. The fraction of sp³-hybridized carbons (Fsp3) is 0.700. The maximum atomic E-state index is 5.27. The summed E-state index contributed by atoms with van der Waals surface area (Å²) in [6, 6.07) is 0. The van der Waals surface area contributed by atoms with E-state index in [9.17, 15) is 0 Å². The molecule has 0 fully saturated rings. The second-order valence-electron chi connectivity index (χ2n) is 3.10. The number of ether oxygens (including phenoxy) is 1. The number of rotatable bonds is 6. The highest BCUT2D eigenvalue weighted by Gasteiger charge is 1.99. The van der Waals surface area contributed by atoms with Crippen LogP contribution in [0.5, 0.6) is 0 Å². The number of imidazole rings is 1. The summed E-state index contributed by atoms with van der Waals surface area (Å²) < 4.78 is 5.27. The molecule has 0 aliphatic carbocycles. The van der Waals surface area contributed by atoms with Crippen LogP contribution >= 0.6 is 0 Å². The van der Waals surface area contributed by atoms with Gasteiger partial charge in [0.1, 0.15) is 5.82 Å². The van der Waals surface area contributed by atoms with E-state index in [0.717, 1.165) is 24.5 Å². The van der Waals surface area contributed by atoms with Crippen LogP contribution in [0, 0.1) is 0 Å². The summed E-state index contributed by atoms with van der Waals surface area (Å²) in [6.07, 6.45) is 5.31. The van der Waals surface area contributed by atoms with E-state index in [1.807, 2.05) is 13.1 Å². The molecule has 0 aromatic carbocycles. The minimum Gasteiger partial charge on any atom is -0.375 e. The third-order valence-corrected chi connectivity index (χ3v) is 1.91. The number of H-pyrrole nitrogens is 1. The Kier molecular flexibility index (Phi) is 4.54. The van der Waals surface area contributed by atoms with Gasteiger partial charge in [0, 0.05) is 13.0 Å². The number of aryl methyl sites for hydroxylation is 1. The van der Waals surface area contributed by atoms with Crippen molar-refractivity contribution in [2.24, 2.45) is 0 Å². The minimum atomic E-state index is 0.648. The Hall–Kier alpha value is -0.830. The van der Waals surface area contributed by atoms with Crippen LogP contribution in [0.4, 0.5) is 0 Å². The summed E-state index contributed by atoms with van der Waals surface area (Å²) in [5.41, 5.74) is 1.08. The van der Waals surface area contributed by atoms with Crippen LogP contribution < -0.4 is 0 Å². The zero-order valence-corrected chi connectivity index (χ0v) is 8.47. The number of hydrogen-bond donors (Lipinski definition) is 1. The van der Waals surface area contributed by atoms with Crippen LogP contribution in [0.3, 0.4) is 0 Å². The van der Waals surface area contributed by atoms with Gasteiger partial charge < -0.3 is 9.72 Å². The molecule has 0 saturated carbocycles. The van der Waals surface area contributed by atoms with Gasteiger partial charge in [-0.05, 0) is 13.3 Å². The minimum absolute atomic E-state index is 0.648. The van der Waals surface area contributed by atoms with E-state index < -0.39 is 0 Å². The predicted molar refractivity (Wildman–Crippen MR) is 52.5 cm³/mol. The average Bonchev–Trinajstić information content (AvgIpc) is 2.59. The van der Waals surface area contributed by atoms with Crippen molar-refractivity contribution in [3.63, 3.8) is 0 Å². The lowest BCUT2D eigenvalue weighted by Crippen LogP contribution is -1.92. The summed E-state index contributed by atoms with van der Waals surface area (Å²) in [6.45, 7) is 5.58. The maximum absolute atomic E-state index is 5.27. The van der Waals surface area contributed by atoms with E-state index in [2.05, 4.69) is 16.9 Å². The fourth-order valence-corrected chi connectivity index (χ4v) is 1.16. The van der Waals surface area contributed by atoms with Crippen molar-refractivity contribution in [3.05, 3.63) is 17.7 Å². The molecule has 0 atom stereocenters. The van der Waals surface area contributed by atoms with Gasteiger partial charge in [0.05, 0.1) is 18.5 Å². The summed E-state index contributed by atoms with van der Waals surface area (Å²) in [5, 5.41) is 0. The number of nitrogens with zero attached hydrogens (tertiary/aromatic N) is 1. The third kappa shape index (κ3) is 3.59. The van der Waals surface area contributed by atoms with E-state index in [0.29, 0.717) is 6.61 Å². The molecular formula is C10H18N2O. The van der Waals surface area contributed by atoms with Crippen molar-refractivity contribution in [1.29, 1.82) is 0 Å². The smallest absolute Gasteiger partial charge is 0.106 e. The van der Waals surface area contributed by atoms with Crippen molar-refractivity contribution in [1.82, 2.24) is 9.97 Å². The lowest BCUT2D eigenvalue weighted by atomic mass is 10.2. The Bertz CT molecular complexity index is 210. The Morgan fingerprint density at radius 1 is 1.46 bits per heavy atom. The standard InChI is InChI=1S/C10H18N2O/c1-3-5-6-10-11-7-9(12-10)8-13-4-2/h7H,3-6,8H2,1-2H3,(H,11,12). The highest BCUT2D eigenvalue weighted by atomic mass is 16.5. The van der Waals surface area contributed by atoms with Gasteiger partial charge in [-0.2, -0.15) is 0 Å². The molecule has 1 N–H and O–H groups in total. The van der Waals surface area contributed by atoms with Crippen molar-refractivity contribution in [3.8, 4) is 0 Å². The summed E-state index contributed by atoms with van der Waals surface area (Å²) in [4.78, 5) is 7.52. The van der Waals surface area contributed by atoms with Gasteiger partial charge in [-0.1, -0.05) is 13.3 Å². The molecule has 0 amide bonds. The highest BCUT2D eigenvalue weighted by Crippen LogP contribution is 2.02. The SMILES string of the molecule is CCCCc1ncc(COCC)[nH]1. The highest BCUT2D eigenvalue weighted by molar-refractivity contribution is 4.99. The molecule has 3 heteroatoms. The number of nitrogens with one attached hydrogen (secondary N) is 1. The molecule has 0 aliphatic rings. The lowest BCUT2D eigenvalue weighted by molar-refractivity contribution is 0.131. The molecule has 1 aromatic rings. The fourth-order valence-electron chi connectivity index (χ4n) is 1.16. The van der Waals surface area contributed by atoms with Crippen molar-refractivity contribution < 1.29 is 4.74 Å². The molecule has 0 unspecified atom stereocenters. The Morgan fingerprint density at radius 2 is 2.31 bits per heavy atom. The van der Waals surface area contributed by atoms with E-state index in [-0.39, 0.29) is 0 Å². The number of aromatic nitrogens is 2. The Morgan fingerprint density at radius 3 is 3.00 bits per heavy atom. The van der Waals surface area contributed by atoms with Crippen LogP contribution in [0.2, 0.25) is 0 Å². The van der Waals surface area contributed by atoms with E-state index in [1.54, 1.807) is 0 Å². The van der Waals surface area contributed by atoms with Gasteiger partial charge in [0.25, 0.3) is 0 Å². The first-order valence-corrected chi connectivity index (χ1v) is 4.97. The van der Waals surface area contributed by atoms with Crippen LogP contribution in [-0.4, -0.2) is 16.6 Å². The topological polar surface area (TPSA) is 37.9 Å². The molecule has 0 bridgehead atoms. The molecule has 0 saturated heterocycles. The molecule has 1 rings (SSSR count). The number of hydrogen-bond acceptors (Lipinski definition) is 2. The molecule has 0 radical (unpaired) electrons. The van der Waals surface area contributed by atoms with Crippen LogP contribution in [-0.2, 0) is 17.8 Å². The first kappa shape index (κ1) is 10.3. The van der Waals surface area contributed by atoms with E-state index in [1.165, 1.54) is 12.8 Å². The average molecular weight is 182 g/mol. The zero-order chi connectivity index (χ0) is 9.52. The Balaban J connectivity index is 2.34. The van der Waals surface area contributed by atoms with Gasteiger partial charge in [0.15, 0.2) is 0 Å². The number of unbranched alkanes of at least 4 members (excludes halogenated alkanes) is 1. The summed E-state index contributed by atoms with van der Waals surface area (Å²) in [5.74, 6) is 1.08. The first-order valence-electron chi connectivity index (χ1n) is 4.97. The molecule has 1 heterocycles. The Labute approximate surface area is 79.5 Å². The third-order valence-electron chi connectivity index (χ3n) is 1.91. The monoisotopic (exact) mass is 182 g/mol. The quantitative estimate of drug-likeness (QED) is 0.733. The molecular weight excluding hydrogens is 164 g/mol. The maximum Gasteiger partial charge on any atom is 0.106 e. The van der Waals surface area contributed by atoms with Crippen LogP contribution in [0.25, 0.3) is 0 Å². The van der Waals surface area contributed by atoms with Crippen LogP contribution in [0.1, 0.15) is 38.2 Å². The van der Waals surface area contributed by atoms with E-state index >= 15 is 0 Å². The largest absolute Gasteiger partial charge is 0.375 e. The van der Waals surface area contributed by atoms with Gasteiger partial charge >= 0.3 is 0 Å². The first-order chi connectivity index (χ1) is 6.36. The second kappa shape index (κ2) is 5.75. The van der Waals surface area contributed by atoms with Crippen molar-refractivity contribution >= 4 is 0 Å². The molecule has 3 nitrogen and oxygen atoms in total. The van der Waals surface area contributed by atoms with Crippen molar-refractivity contribution in [2.45, 2.75) is 39.7 Å². The molecule has 0 aliphatic heterocycles. The zero-order valence-electron chi connectivity index (χ0n) is 8.47. The molecule has 74 valence electrons. The summed E-state index contributed by atoms with van der Waals surface area (Å²) >= 11 is 0. The van der Waals surface area contributed by atoms with Crippen LogP contribution in [0.15, 0.2) is 6.20 Å². The lowest BCUT2D eigenvalue weighted by Gasteiger charge is -1.96. The van der Waals surface area contributed by atoms with E-state index in [4.69, 9.17) is 4.74 Å². The molecule has 0 spiro atoms. The van der Waals surface area contributed by atoms with Gasteiger partial charge in [-0.15, -0.1) is 0 Å². The van der Waals surface area contributed by atoms with Gasteiger partial charge in [-0.3, -0.25) is 0 Å². The van der Waals surface area contributed by atoms with Crippen molar-refractivity contribution in [2.75, 3.05) is 6.61 Å². The predicted octanol–water partition coefficient (Wildman–Crippen LogP) is 2.29. The van der Waals surface area contributed by atoms with Gasteiger partial charge in [-0.25, -0.2) is 4.98 Å². The molecule has 1 aromatic heterocycles. The summed E-state index contributed by atoms with van der Waals surface area (Å²) in [7, 11) is 0. The van der Waals surface area contributed by atoms with Gasteiger partial charge in [0.2, 0.25) is 0 Å². The normalized spacial score (nSPS) is 10.6.